The minimum atomic E-state index is -0.355. The third kappa shape index (κ3) is 4.44. The number of rotatable bonds is 5. The van der Waals surface area contributed by atoms with Gasteiger partial charge in [0, 0.05) is 26.1 Å². The van der Waals surface area contributed by atoms with Crippen LogP contribution in [0.5, 0.6) is 0 Å². The summed E-state index contributed by atoms with van der Waals surface area (Å²) in [6.45, 7) is 3.22. The van der Waals surface area contributed by atoms with Gasteiger partial charge in [0.2, 0.25) is 11.8 Å². The van der Waals surface area contributed by atoms with Crippen LogP contribution in [-0.2, 0) is 22.7 Å². The largest absolute Gasteiger partial charge is 0.352 e. The summed E-state index contributed by atoms with van der Waals surface area (Å²) in [7, 11) is 0. The highest BCUT2D eigenvalue weighted by Crippen LogP contribution is 2.20. The molecule has 1 atom stereocenters. The van der Waals surface area contributed by atoms with Gasteiger partial charge in [-0.2, -0.15) is 0 Å². The second kappa shape index (κ2) is 7.47. The van der Waals surface area contributed by atoms with Gasteiger partial charge in [0.1, 0.15) is 5.82 Å². The highest BCUT2D eigenvalue weighted by molar-refractivity contribution is 5.89. The minimum Gasteiger partial charge on any atom is -0.352 e. The van der Waals surface area contributed by atoms with Crippen molar-refractivity contribution in [3.05, 3.63) is 71.0 Å². The number of amides is 2. The van der Waals surface area contributed by atoms with Gasteiger partial charge in [-0.3, -0.25) is 9.59 Å². The van der Waals surface area contributed by atoms with Crippen molar-refractivity contribution in [2.75, 3.05) is 6.54 Å². The SMILES string of the molecule is Cc1ccc(CN2CC(C(=O)NCc3cccc(F)c3)CC2=O)cc1. The van der Waals surface area contributed by atoms with Crippen molar-refractivity contribution >= 4 is 11.8 Å². The van der Waals surface area contributed by atoms with Gasteiger partial charge in [0.25, 0.3) is 0 Å². The quantitative estimate of drug-likeness (QED) is 0.910. The number of likely N-dealkylation sites (tertiary alicyclic amines) is 1. The van der Waals surface area contributed by atoms with Gasteiger partial charge in [0.05, 0.1) is 5.92 Å². The van der Waals surface area contributed by atoms with E-state index >= 15 is 0 Å². The van der Waals surface area contributed by atoms with E-state index in [0.717, 1.165) is 5.56 Å². The maximum atomic E-state index is 13.2. The summed E-state index contributed by atoms with van der Waals surface area (Å²) >= 11 is 0. The van der Waals surface area contributed by atoms with Gasteiger partial charge in [-0.15, -0.1) is 0 Å². The molecule has 0 radical (unpaired) electrons. The van der Waals surface area contributed by atoms with Crippen molar-refractivity contribution in [2.24, 2.45) is 5.92 Å². The molecule has 25 heavy (non-hydrogen) atoms. The Morgan fingerprint density at radius 2 is 1.96 bits per heavy atom. The summed E-state index contributed by atoms with van der Waals surface area (Å²) in [6, 6.07) is 14.2. The molecule has 1 aliphatic heterocycles. The Morgan fingerprint density at radius 3 is 2.68 bits per heavy atom. The highest BCUT2D eigenvalue weighted by Gasteiger charge is 2.34. The molecular formula is C20H21FN2O2. The summed E-state index contributed by atoms with van der Waals surface area (Å²) in [4.78, 5) is 26.2. The zero-order valence-electron chi connectivity index (χ0n) is 14.2. The number of nitrogens with one attached hydrogen (secondary N) is 1. The van der Waals surface area contributed by atoms with Gasteiger partial charge in [0.15, 0.2) is 0 Å². The molecule has 130 valence electrons. The van der Waals surface area contributed by atoms with Crippen LogP contribution >= 0.6 is 0 Å². The van der Waals surface area contributed by atoms with Crippen molar-refractivity contribution < 1.29 is 14.0 Å². The van der Waals surface area contributed by atoms with E-state index in [-0.39, 0.29) is 36.5 Å². The molecule has 4 nitrogen and oxygen atoms in total. The fraction of sp³-hybridized carbons (Fsp3) is 0.300. The van der Waals surface area contributed by atoms with Gasteiger partial charge < -0.3 is 10.2 Å². The van der Waals surface area contributed by atoms with Crippen molar-refractivity contribution in [3.63, 3.8) is 0 Å². The fourth-order valence-corrected chi connectivity index (χ4v) is 2.99. The first-order valence-corrected chi connectivity index (χ1v) is 8.37. The smallest absolute Gasteiger partial charge is 0.225 e. The molecule has 1 fully saturated rings. The van der Waals surface area contributed by atoms with Crippen LogP contribution in [0, 0.1) is 18.7 Å². The normalized spacial score (nSPS) is 17.0. The average Bonchev–Trinajstić information content (AvgIpc) is 2.96. The number of hydrogen-bond acceptors (Lipinski definition) is 2. The van der Waals surface area contributed by atoms with Gasteiger partial charge >= 0.3 is 0 Å². The van der Waals surface area contributed by atoms with Gasteiger partial charge in [-0.05, 0) is 30.2 Å². The molecule has 5 heteroatoms. The number of carbonyl (C=O) groups excluding carboxylic acids is 2. The number of benzene rings is 2. The summed E-state index contributed by atoms with van der Waals surface area (Å²) < 4.78 is 13.2. The zero-order chi connectivity index (χ0) is 17.8. The van der Waals surface area contributed by atoms with E-state index in [1.165, 1.54) is 17.7 Å². The Morgan fingerprint density at radius 1 is 1.20 bits per heavy atom. The topological polar surface area (TPSA) is 49.4 Å². The number of aryl methyl sites for hydroxylation is 1. The van der Waals surface area contributed by atoms with Gasteiger partial charge in [-0.1, -0.05) is 42.0 Å². The molecule has 1 saturated heterocycles. The fourth-order valence-electron chi connectivity index (χ4n) is 2.99. The van der Waals surface area contributed by atoms with Crippen LogP contribution in [0.15, 0.2) is 48.5 Å². The summed E-state index contributed by atoms with van der Waals surface area (Å²) in [5.41, 5.74) is 2.93. The van der Waals surface area contributed by atoms with Crippen LogP contribution in [0.2, 0.25) is 0 Å². The number of hydrogen-bond donors (Lipinski definition) is 1. The molecule has 1 aliphatic rings. The van der Waals surface area contributed by atoms with E-state index in [0.29, 0.717) is 18.7 Å². The van der Waals surface area contributed by atoms with E-state index in [4.69, 9.17) is 0 Å². The van der Waals surface area contributed by atoms with Crippen molar-refractivity contribution in [3.8, 4) is 0 Å². The summed E-state index contributed by atoms with van der Waals surface area (Å²) in [5, 5.41) is 2.80. The minimum absolute atomic E-state index is 0.00789. The third-order valence-corrected chi connectivity index (χ3v) is 4.44. The predicted octanol–water partition coefficient (Wildman–Crippen LogP) is 2.80. The molecule has 0 aromatic heterocycles. The first kappa shape index (κ1) is 17.1. The lowest BCUT2D eigenvalue weighted by atomic mass is 10.1. The maximum Gasteiger partial charge on any atom is 0.225 e. The molecule has 0 spiro atoms. The van der Waals surface area contributed by atoms with Crippen LogP contribution in [-0.4, -0.2) is 23.3 Å². The molecule has 0 saturated carbocycles. The van der Waals surface area contributed by atoms with Gasteiger partial charge in [-0.25, -0.2) is 4.39 Å². The first-order valence-electron chi connectivity index (χ1n) is 8.37. The number of carbonyl (C=O) groups is 2. The van der Waals surface area contributed by atoms with Crippen molar-refractivity contribution in [2.45, 2.75) is 26.4 Å². The Kier molecular flexibility index (Phi) is 5.12. The molecule has 2 aromatic carbocycles. The van der Waals surface area contributed by atoms with E-state index in [1.54, 1.807) is 17.0 Å². The highest BCUT2D eigenvalue weighted by atomic mass is 19.1. The van der Waals surface area contributed by atoms with Crippen LogP contribution < -0.4 is 5.32 Å². The Labute approximate surface area is 146 Å². The Hall–Kier alpha value is -2.69. The summed E-state index contributed by atoms with van der Waals surface area (Å²) in [5.74, 6) is -0.853. The summed E-state index contributed by atoms with van der Waals surface area (Å²) in [6.07, 6.45) is 0.223. The number of nitrogens with zero attached hydrogens (tertiary/aromatic N) is 1. The van der Waals surface area contributed by atoms with Crippen molar-refractivity contribution in [1.29, 1.82) is 0 Å². The Balaban J connectivity index is 1.54. The lowest BCUT2D eigenvalue weighted by Crippen LogP contribution is -2.32. The van der Waals surface area contributed by atoms with E-state index in [2.05, 4.69) is 5.32 Å². The standard InChI is InChI=1S/C20H21FN2O2/c1-14-5-7-15(8-6-14)12-23-13-17(10-19(23)24)20(25)22-11-16-3-2-4-18(21)9-16/h2-9,17H,10-13H2,1H3,(H,22,25). The second-order valence-corrected chi connectivity index (χ2v) is 6.51. The molecule has 2 aromatic rings. The molecule has 1 unspecified atom stereocenters. The zero-order valence-corrected chi connectivity index (χ0v) is 14.2. The van der Waals surface area contributed by atoms with E-state index in [9.17, 15) is 14.0 Å². The second-order valence-electron chi connectivity index (χ2n) is 6.51. The van der Waals surface area contributed by atoms with E-state index in [1.807, 2.05) is 31.2 Å². The first-order chi connectivity index (χ1) is 12.0. The molecule has 0 aliphatic carbocycles. The third-order valence-electron chi connectivity index (χ3n) is 4.44. The lowest BCUT2D eigenvalue weighted by molar-refractivity contribution is -0.129. The molecule has 1 heterocycles. The van der Waals surface area contributed by atoms with Crippen LogP contribution in [0.4, 0.5) is 4.39 Å². The molecule has 2 amide bonds. The van der Waals surface area contributed by atoms with E-state index < -0.39 is 0 Å². The van der Waals surface area contributed by atoms with Crippen LogP contribution in [0.25, 0.3) is 0 Å². The maximum absolute atomic E-state index is 13.2. The monoisotopic (exact) mass is 340 g/mol. The van der Waals surface area contributed by atoms with Crippen molar-refractivity contribution in [1.82, 2.24) is 10.2 Å². The van der Waals surface area contributed by atoms with Crippen LogP contribution in [0.3, 0.4) is 0 Å². The molecular weight excluding hydrogens is 319 g/mol. The molecule has 1 N–H and O–H groups in total. The number of halogens is 1. The predicted molar refractivity (Wildman–Crippen MR) is 92.9 cm³/mol. The Bertz CT molecular complexity index is 774. The average molecular weight is 340 g/mol. The molecule has 0 bridgehead atoms. The van der Waals surface area contributed by atoms with Crippen LogP contribution in [0.1, 0.15) is 23.1 Å². The molecule has 3 rings (SSSR count). The lowest BCUT2D eigenvalue weighted by Gasteiger charge is -2.17.